The molecular formula is C25H19N. The summed E-state index contributed by atoms with van der Waals surface area (Å²) < 4.78 is 0. The molecule has 1 nitrogen and oxygen atoms in total. The van der Waals surface area contributed by atoms with Gasteiger partial charge < -0.3 is 0 Å². The number of aryl methyl sites for hydroxylation is 1. The third-order valence-corrected chi connectivity index (χ3v) is 5.42. The first-order valence-corrected chi connectivity index (χ1v) is 9.01. The van der Waals surface area contributed by atoms with Gasteiger partial charge >= 0.3 is 0 Å². The molecule has 1 heteroatoms. The number of nitrogens with zero attached hydrogens (tertiary/aromatic N) is 1. The molecule has 0 aliphatic heterocycles. The van der Waals surface area contributed by atoms with Crippen molar-refractivity contribution in [1.82, 2.24) is 4.98 Å². The van der Waals surface area contributed by atoms with Gasteiger partial charge in [-0.05, 0) is 35.2 Å². The van der Waals surface area contributed by atoms with Crippen molar-refractivity contribution in [2.24, 2.45) is 0 Å². The van der Waals surface area contributed by atoms with E-state index in [1.54, 1.807) is 0 Å². The van der Waals surface area contributed by atoms with Crippen LogP contribution in [0.4, 0.5) is 0 Å². The fourth-order valence-electron chi connectivity index (χ4n) is 4.36. The van der Waals surface area contributed by atoms with Crippen LogP contribution in [0.2, 0.25) is 0 Å². The Balaban J connectivity index is 1.99. The molecule has 5 rings (SSSR count). The fourth-order valence-corrected chi connectivity index (χ4v) is 4.36. The van der Waals surface area contributed by atoms with E-state index >= 15 is 0 Å². The normalized spacial score (nSPS) is 13.9. The maximum absolute atomic E-state index is 5.07. The first kappa shape index (κ1) is 15.1. The van der Waals surface area contributed by atoms with Gasteiger partial charge in [-0.25, -0.2) is 0 Å². The highest BCUT2D eigenvalue weighted by atomic mass is 14.8. The molecular weight excluding hydrogens is 314 g/mol. The first-order chi connectivity index (χ1) is 12.8. The van der Waals surface area contributed by atoms with E-state index in [0.29, 0.717) is 0 Å². The fraction of sp³-hybridized carbons (Fsp3) is 0.0800. The lowest BCUT2D eigenvalue weighted by Crippen LogP contribution is -2.29. The molecule has 0 saturated carbocycles. The van der Waals surface area contributed by atoms with Crippen LogP contribution < -0.4 is 0 Å². The molecule has 124 valence electrons. The van der Waals surface area contributed by atoms with Gasteiger partial charge in [-0.1, -0.05) is 91.0 Å². The highest BCUT2D eigenvalue weighted by molar-refractivity contribution is 5.84. The largest absolute Gasteiger partial charge is 0.256 e. The molecule has 0 fully saturated rings. The van der Waals surface area contributed by atoms with E-state index in [1.165, 1.54) is 27.8 Å². The summed E-state index contributed by atoms with van der Waals surface area (Å²) in [5, 5.41) is 0. The Hall–Kier alpha value is -3.19. The number of hydrogen-bond donors (Lipinski definition) is 0. The molecule has 1 aliphatic carbocycles. The second-order valence-electron chi connectivity index (χ2n) is 6.88. The zero-order valence-corrected chi connectivity index (χ0v) is 14.7. The average molecular weight is 333 g/mol. The molecule has 1 heterocycles. The monoisotopic (exact) mass is 333 g/mol. The SMILES string of the molecule is Cc1ccc2c(n1)C(c1ccccc1)(c1ccccc1)c1ccccc1-2. The van der Waals surface area contributed by atoms with E-state index in [1.807, 2.05) is 0 Å². The van der Waals surface area contributed by atoms with E-state index < -0.39 is 0 Å². The van der Waals surface area contributed by atoms with Crippen molar-refractivity contribution >= 4 is 0 Å². The van der Waals surface area contributed by atoms with E-state index in [2.05, 4.69) is 104 Å². The molecule has 0 N–H and O–H groups in total. The van der Waals surface area contributed by atoms with Gasteiger partial charge in [0.25, 0.3) is 0 Å². The van der Waals surface area contributed by atoms with Gasteiger partial charge in [0.1, 0.15) is 0 Å². The summed E-state index contributed by atoms with van der Waals surface area (Å²) >= 11 is 0. The van der Waals surface area contributed by atoms with Crippen LogP contribution in [0.3, 0.4) is 0 Å². The van der Waals surface area contributed by atoms with E-state index in [9.17, 15) is 0 Å². The summed E-state index contributed by atoms with van der Waals surface area (Å²) in [7, 11) is 0. The van der Waals surface area contributed by atoms with Crippen LogP contribution in [0.25, 0.3) is 11.1 Å². The van der Waals surface area contributed by atoms with E-state index in [4.69, 9.17) is 4.98 Å². The lowest BCUT2D eigenvalue weighted by atomic mass is 9.69. The summed E-state index contributed by atoms with van der Waals surface area (Å²) in [5.41, 5.74) is 8.16. The molecule has 0 unspecified atom stereocenters. The summed E-state index contributed by atoms with van der Waals surface area (Å²) in [6, 6.07) is 34.6. The number of pyridine rings is 1. The Kier molecular flexibility index (Phi) is 3.29. The minimum absolute atomic E-state index is 0.375. The number of benzene rings is 3. The third-order valence-electron chi connectivity index (χ3n) is 5.42. The Morgan fingerprint density at radius 2 is 1.15 bits per heavy atom. The summed E-state index contributed by atoms with van der Waals surface area (Å²) in [6.07, 6.45) is 0. The smallest absolute Gasteiger partial charge is 0.0886 e. The zero-order valence-electron chi connectivity index (χ0n) is 14.7. The topological polar surface area (TPSA) is 12.9 Å². The number of aromatic nitrogens is 1. The minimum Gasteiger partial charge on any atom is -0.256 e. The van der Waals surface area contributed by atoms with Gasteiger partial charge in [0.2, 0.25) is 0 Å². The Morgan fingerprint density at radius 3 is 1.81 bits per heavy atom. The van der Waals surface area contributed by atoms with Crippen molar-refractivity contribution in [3.63, 3.8) is 0 Å². The first-order valence-electron chi connectivity index (χ1n) is 9.01. The molecule has 0 spiro atoms. The van der Waals surface area contributed by atoms with Gasteiger partial charge in [-0.15, -0.1) is 0 Å². The van der Waals surface area contributed by atoms with Crippen LogP contribution in [0.1, 0.15) is 28.1 Å². The molecule has 4 aromatic rings. The van der Waals surface area contributed by atoms with Crippen molar-refractivity contribution < 1.29 is 0 Å². The summed E-state index contributed by atoms with van der Waals surface area (Å²) in [6.45, 7) is 2.07. The molecule has 0 bridgehead atoms. The summed E-state index contributed by atoms with van der Waals surface area (Å²) in [4.78, 5) is 5.07. The van der Waals surface area contributed by atoms with E-state index in [0.717, 1.165) is 11.4 Å². The maximum Gasteiger partial charge on any atom is 0.0886 e. The summed E-state index contributed by atoms with van der Waals surface area (Å²) in [5.74, 6) is 0. The molecule has 1 aliphatic rings. The van der Waals surface area contributed by atoms with Crippen molar-refractivity contribution in [1.29, 1.82) is 0 Å². The highest BCUT2D eigenvalue weighted by Crippen LogP contribution is 2.55. The van der Waals surface area contributed by atoms with Crippen molar-refractivity contribution in [2.45, 2.75) is 12.3 Å². The average Bonchev–Trinajstić information content (AvgIpc) is 3.00. The Bertz CT molecular complexity index is 1040. The molecule has 26 heavy (non-hydrogen) atoms. The second-order valence-corrected chi connectivity index (χ2v) is 6.88. The molecule has 3 aromatic carbocycles. The predicted molar refractivity (Wildman–Crippen MR) is 106 cm³/mol. The van der Waals surface area contributed by atoms with Crippen molar-refractivity contribution in [3.05, 3.63) is 125 Å². The Labute approximate surface area is 154 Å². The van der Waals surface area contributed by atoms with Gasteiger partial charge in [0.15, 0.2) is 0 Å². The molecule has 0 radical (unpaired) electrons. The van der Waals surface area contributed by atoms with E-state index in [-0.39, 0.29) is 5.41 Å². The zero-order chi connectivity index (χ0) is 17.6. The van der Waals surface area contributed by atoms with Gasteiger partial charge in [-0.3, -0.25) is 4.98 Å². The van der Waals surface area contributed by atoms with Gasteiger partial charge in [0, 0.05) is 11.3 Å². The standard InChI is InChI=1S/C25H19N/c1-18-16-17-22-21-14-8-9-15-23(21)25(24(22)26-18,19-10-4-2-5-11-19)20-12-6-3-7-13-20/h2-17H,1H3. The number of hydrogen-bond acceptors (Lipinski definition) is 1. The Morgan fingerprint density at radius 1 is 0.577 bits per heavy atom. The van der Waals surface area contributed by atoms with Crippen LogP contribution in [0.15, 0.2) is 97.1 Å². The van der Waals surface area contributed by atoms with Crippen molar-refractivity contribution in [3.8, 4) is 11.1 Å². The molecule has 0 saturated heterocycles. The maximum atomic E-state index is 5.07. The lowest BCUT2D eigenvalue weighted by molar-refractivity contribution is 0.734. The van der Waals surface area contributed by atoms with Crippen LogP contribution in [0.5, 0.6) is 0 Å². The lowest BCUT2D eigenvalue weighted by Gasteiger charge is -2.32. The van der Waals surface area contributed by atoms with Gasteiger partial charge in [-0.2, -0.15) is 0 Å². The van der Waals surface area contributed by atoms with Crippen LogP contribution in [0, 0.1) is 6.92 Å². The molecule has 0 amide bonds. The number of rotatable bonds is 2. The van der Waals surface area contributed by atoms with Crippen LogP contribution >= 0.6 is 0 Å². The van der Waals surface area contributed by atoms with Crippen molar-refractivity contribution in [2.75, 3.05) is 0 Å². The molecule has 1 aromatic heterocycles. The van der Waals surface area contributed by atoms with Gasteiger partial charge in [0.05, 0.1) is 11.1 Å². The molecule has 0 atom stereocenters. The number of fused-ring (bicyclic) bond motifs is 3. The highest BCUT2D eigenvalue weighted by Gasteiger charge is 2.47. The van der Waals surface area contributed by atoms with Crippen LogP contribution in [-0.2, 0) is 5.41 Å². The second kappa shape index (κ2) is 5.67. The quantitative estimate of drug-likeness (QED) is 0.400. The predicted octanol–water partition coefficient (Wildman–Crippen LogP) is 5.75. The third kappa shape index (κ3) is 1.94. The van der Waals surface area contributed by atoms with Crippen LogP contribution in [-0.4, -0.2) is 4.98 Å². The minimum atomic E-state index is -0.375.